The fourth-order valence-electron chi connectivity index (χ4n) is 4.21. The highest BCUT2D eigenvalue weighted by atomic mass is 16.6. The zero-order valence-electron chi connectivity index (χ0n) is 19.5. The Hall–Kier alpha value is -3.20. The number of esters is 1. The van der Waals surface area contributed by atoms with Gasteiger partial charge in [-0.05, 0) is 71.1 Å². The molecule has 1 aliphatic rings. The van der Waals surface area contributed by atoms with Crippen molar-refractivity contribution in [2.45, 2.75) is 59.0 Å². The molecule has 2 aromatic rings. The van der Waals surface area contributed by atoms with Crippen molar-refractivity contribution in [3.63, 3.8) is 0 Å². The van der Waals surface area contributed by atoms with E-state index in [0.29, 0.717) is 35.2 Å². The molecular weight excluding hydrogens is 402 g/mol. The summed E-state index contributed by atoms with van der Waals surface area (Å²) < 4.78 is 11.6. The van der Waals surface area contributed by atoms with Gasteiger partial charge in [-0.15, -0.1) is 0 Å². The largest absolute Gasteiger partial charge is 0.468 e. The Kier molecular flexibility index (Phi) is 7.29. The number of ether oxygens (including phenoxy) is 2. The third kappa shape index (κ3) is 5.94. The first kappa shape index (κ1) is 23.5. The van der Waals surface area contributed by atoms with Gasteiger partial charge in [-0.2, -0.15) is 0 Å². The molecule has 1 atom stereocenters. The van der Waals surface area contributed by atoms with Gasteiger partial charge >= 0.3 is 5.97 Å². The maximum absolute atomic E-state index is 12.1. The van der Waals surface area contributed by atoms with Gasteiger partial charge in [-0.1, -0.05) is 18.2 Å². The maximum atomic E-state index is 12.1. The second kappa shape index (κ2) is 9.95. The van der Waals surface area contributed by atoms with Gasteiger partial charge in [0, 0.05) is 25.1 Å². The van der Waals surface area contributed by atoms with Gasteiger partial charge in [-0.25, -0.2) is 4.85 Å². The summed E-state index contributed by atoms with van der Waals surface area (Å²) in [5, 5.41) is 0. The average Bonchev–Trinajstić information content (AvgIpc) is 2.74. The van der Waals surface area contributed by atoms with Crippen molar-refractivity contribution in [3.05, 3.63) is 53.4 Å². The van der Waals surface area contributed by atoms with Crippen molar-refractivity contribution >= 4 is 23.0 Å². The molecule has 1 aliphatic heterocycles. The van der Waals surface area contributed by atoms with E-state index >= 15 is 0 Å². The lowest BCUT2D eigenvalue weighted by Gasteiger charge is -2.36. The molecule has 6 heteroatoms. The average molecular weight is 436 g/mol. The topological polar surface area (TPSA) is 69.2 Å². The van der Waals surface area contributed by atoms with Crippen LogP contribution in [0, 0.1) is 19.4 Å². The third-order valence-corrected chi connectivity index (χ3v) is 5.63. The van der Waals surface area contributed by atoms with Gasteiger partial charge in [0.2, 0.25) is 5.69 Å². The quantitative estimate of drug-likeness (QED) is 0.329. The minimum Gasteiger partial charge on any atom is -0.468 e. The summed E-state index contributed by atoms with van der Waals surface area (Å²) in [7, 11) is 0. The van der Waals surface area contributed by atoms with E-state index in [4.69, 9.17) is 21.8 Å². The molecule has 1 heterocycles. The van der Waals surface area contributed by atoms with Crippen LogP contribution in [0.5, 0.6) is 11.5 Å². The maximum Gasteiger partial charge on any atom is 0.306 e. The number of nitrogens with two attached hydrogens (primary N) is 1. The number of benzene rings is 2. The molecule has 0 bridgehead atoms. The number of carbonyl (C=O) groups excluding carboxylic acids is 1. The van der Waals surface area contributed by atoms with Crippen molar-refractivity contribution in [2.75, 3.05) is 23.7 Å². The molecule has 0 amide bonds. The Morgan fingerprint density at radius 1 is 1.22 bits per heavy atom. The first-order chi connectivity index (χ1) is 15.2. The van der Waals surface area contributed by atoms with Crippen molar-refractivity contribution in [1.29, 1.82) is 0 Å². The Bertz CT molecular complexity index is 1000. The molecule has 32 heavy (non-hydrogen) atoms. The number of hydrogen-bond donors (Lipinski definition) is 1. The molecule has 1 fully saturated rings. The number of anilines is 2. The number of piperidine rings is 1. The molecule has 0 spiro atoms. The summed E-state index contributed by atoms with van der Waals surface area (Å²) in [6, 6.07) is 11.0. The summed E-state index contributed by atoms with van der Waals surface area (Å²) in [6.45, 7) is 16.8. The number of rotatable bonds is 6. The van der Waals surface area contributed by atoms with Crippen molar-refractivity contribution in [1.82, 2.24) is 0 Å². The normalized spacial score (nSPS) is 16.3. The van der Waals surface area contributed by atoms with Crippen LogP contribution >= 0.6 is 0 Å². The van der Waals surface area contributed by atoms with E-state index in [1.165, 1.54) is 0 Å². The van der Waals surface area contributed by atoms with Crippen molar-refractivity contribution < 1.29 is 14.3 Å². The molecule has 3 rings (SSSR count). The van der Waals surface area contributed by atoms with Gasteiger partial charge in [0.25, 0.3) is 0 Å². The number of para-hydroxylation sites is 2. The van der Waals surface area contributed by atoms with Crippen LogP contribution in [0.25, 0.3) is 4.85 Å². The first-order valence-corrected chi connectivity index (χ1v) is 11.2. The van der Waals surface area contributed by atoms with Crippen LogP contribution < -0.4 is 15.4 Å². The van der Waals surface area contributed by atoms with E-state index in [2.05, 4.69) is 9.74 Å². The summed E-state index contributed by atoms with van der Waals surface area (Å²) in [5.74, 6) is 1.50. The highest BCUT2D eigenvalue weighted by molar-refractivity contribution is 5.75. The molecule has 0 unspecified atom stereocenters. The molecule has 0 saturated carbocycles. The van der Waals surface area contributed by atoms with Crippen LogP contribution in [-0.2, 0) is 9.53 Å². The Morgan fingerprint density at radius 2 is 1.97 bits per heavy atom. The second-order valence-electron chi connectivity index (χ2n) is 9.39. The Labute approximate surface area is 191 Å². The lowest BCUT2D eigenvalue weighted by Crippen LogP contribution is -2.36. The molecular formula is C26H33N3O3. The third-order valence-electron chi connectivity index (χ3n) is 5.63. The zero-order chi connectivity index (χ0) is 23.3. The highest BCUT2D eigenvalue weighted by Gasteiger charge is 2.25. The molecule has 0 aromatic heterocycles. The van der Waals surface area contributed by atoms with Crippen LogP contribution in [0.4, 0.5) is 17.1 Å². The molecule has 170 valence electrons. The van der Waals surface area contributed by atoms with Crippen LogP contribution in [0.2, 0.25) is 0 Å². The SMILES string of the molecule is [C-]#[N+]c1ccccc1Oc1ccc(N)c(N2CCC[C@@H](CCC(=O)OC(C)(C)C)C2)c1C. The van der Waals surface area contributed by atoms with E-state index in [-0.39, 0.29) is 5.97 Å². The molecule has 2 N–H and O–H groups in total. The minimum absolute atomic E-state index is 0.140. The first-order valence-electron chi connectivity index (χ1n) is 11.2. The lowest BCUT2D eigenvalue weighted by atomic mass is 9.92. The summed E-state index contributed by atoms with van der Waals surface area (Å²) >= 11 is 0. The molecule has 0 radical (unpaired) electrons. The van der Waals surface area contributed by atoms with E-state index in [0.717, 1.165) is 43.6 Å². The van der Waals surface area contributed by atoms with Gasteiger partial charge in [-0.3, -0.25) is 4.79 Å². The summed E-state index contributed by atoms with van der Waals surface area (Å²) in [4.78, 5) is 18.0. The van der Waals surface area contributed by atoms with Crippen molar-refractivity contribution in [2.24, 2.45) is 5.92 Å². The predicted molar refractivity (Wildman–Crippen MR) is 128 cm³/mol. The van der Waals surface area contributed by atoms with E-state index in [9.17, 15) is 4.79 Å². The molecule has 6 nitrogen and oxygen atoms in total. The molecule has 0 aliphatic carbocycles. The second-order valence-corrected chi connectivity index (χ2v) is 9.39. The summed E-state index contributed by atoms with van der Waals surface area (Å²) in [6.07, 6.45) is 3.37. The van der Waals surface area contributed by atoms with Crippen molar-refractivity contribution in [3.8, 4) is 11.5 Å². The van der Waals surface area contributed by atoms with E-state index in [1.54, 1.807) is 12.1 Å². The van der Waals surface area contributed by atoms with Crippen LogP contribution in [0.1, 0.15) is 52.0 Å². The number of nitrogen functional groups attached to an aromatic ring is 1. The number of carbonyl (C=O) groups is 1. The van der Waals surface area contributed by atoms with Gasteiger partial charge in [0.05, 0.1) is 17.9 Å². The summed E-state index contributed by atoms with van der Waals surface area (Å²) in [5.41, 5.74) is 9.06. The standard InChI is InChI=1S/C26H33N3O3/c1-18-22(31-23-11-7-6-10-21(23)28-5)14-13-20(27)25(18)29-16-8-9-19(17-29)12-15-24(30)32-26(2,3)4/h6-7,10-11,13-14,19H,8-9,12,15-17,27H2,1-4H3/t19-/m0/s1. The Balaban J connectivity index is 1.73. The van der Waals surface area contributed by atoms with E-state index < -0.39 is 5.60 Å². The fourth-order valence-corrected chi connectivity index (χ4v) is 4.21. The molecule has 2 aromatic carbocycles. The van der Waals surface area contributed by atoms with Crippen LogP contribution in [0.3, 0.4) is 0 Å². The van der Waals surface area contributed by atoms with Gasteiger partial charge in [0.1, 0.15) is 17.1 Å². The lowest BCUT2D eigenvalue weighted by molar-refractivity contribution is -0.155. The zero-order valence-corrected chi connectivity index (χ0v) is 19.5. The van der Waals surface area contributed by atoms with Crippen LogP contribution in [0.15, 0.2) is 36.4 Å². The highest BCUT2D eigenvalue weighted by Crippen LogP contribution is 2.40. The van der Waals surface area contributed by atoms with Crippen LogP contribution in [-0.4, -0.2) is 24.7 Å². The number of nitrogens with zero attached hydrogens (tertiary/aromatic N) is 2. The Morgan fingerprint density at radius 3 is 2.69 bits per heavy atom. The van der Waals surface area contributed by atoms with E-state index in [1.807, 2.05) is 52.0 Å². The predicted octanol–water partition coefficient (Wildman–Crippen LogP) is 6.26. The fraction of sp³-hybridized carbons (Fsp3) is 0.462. The molecule has 1 saturated heterocycles. The van der Waals surface area contributed by atoms with Gasteiger partial charge < -0.3 is 20.1 Å². The van der Waals surface area contributed by atoms with Gasteiger partial charge in [0.15, 0.2) is 0 Å². The smallest absolute Gasteiger partial charge is 0.306 e. The minimum atomic E-state index is -0.451. The monoisotopic (exact) mass is 435 g/mol. The number of hydrogen-bond acceptors (Lipinski definition) is 5.